The van der Waals surface area contributed by atoms with Crippen LogP contribution in [0.2, 0.25) is 0 Å². The molecule has 0 saturated heterocycles. The van der Waals surface area contributed by atoms with Gasteiger partial charge in [-0.3, -0.25) is 9.78 Å². The van der Waals surface area contributed by atoms with E-state index < -0.39 is 24.0 Å². The van der Waals surface area contributed by atoms with Crippen LogP contribution in [-0.4, -0.2) is 27.8 Å². The average molecular weight is 186 g/mol. The number of H-pyrrole nitrogens is 2. The highest BCUT2D eigenvalue weighted by Gasteiger charge is 2.11. The summed E-state index contributed by atoms with van der Waals surface area (Å²) >= 11 is 0. The molecular weight excluding hydrogens is 180 g/mol. The van der Waals surface area contributed by atoms with Gasteiger partial charge in [-0.05, 0) is 0 Å². The Balaban J connectivity index is 3.09. The molecule has 1 heterocycles. The Bertz CT molecular complexity index is 418. The van der Waals surface area contributed by atoms with Gasteiger partial charge < -0.3 is 14.8 Å². The molecule has 7 heteroatoms. The largest absolute Gasteiger partial charge is 0.435 e. The lowest BCUT2D eigenvalue weighted by atomic mass is 10.3. The first-order chi connectivity index (χ1) is 6.15. The molecule has 0 spiro atoms. The topological polar surface area (TPSA) is 112 Å². The second-order valence-electron chi connectivity index (χ2n) is 2.05. The minimum Gasteiger partial charge on any atom is -0.435 e. The van der Waals surface area contributed by atoms with Gasteiger partial charge in [0.25, 0.3) is 5.56 Å². The Labute approximate surface area is 71.0 Å². The standard InChI is InChI=1S/C6H6N2O5/c9-2-13-5(11)3-1-7-6(12)8-4(3)10/h1,9H,2H2,(H2,7,8,10,12). The summed E-state index contributed by atoms with van der Waals surface area (Å²) in [5.74, 6) is -1.00. The summed E-state index contributed by atoms with van der Waals surface area (Å²) in [6.45, 7) is -0.822. The Hall–Kier alpha value is -1.89. The van der Waals surface area contributed by atoms with E-state index in [1.165, 1.54) is 0 Å². The van der Waals surface area contributed by atoms with Crippen molar-refractivity contribution < 1.29 is 14.6 Å². The summed E-state index contributed by atoms with van der Waals surface area (Å²) in [6.07, 6.45) is 0.916. The van der Waals surface area contributed by atoms with Crippen molar-refractivity contribution in [3.63, 3.8) is 0 Å². The van der Waals surface area contributed by atoms with Crippen molar-refractivity contribution in [3.05, 3.63) is 32.6 Å². The molecule has 0 amide bonds. The molecule has 13 heavy (non-hydrogen) atoms. The Kier molecular flexibility index (Phi) is 2.60. The number of aliphatic hydroxyl groups excluding tert-OH is 1. The van der Waals surface area contributed by atoms with Gasteiger partial charge in [0.1, 0.15) is 5.56 Å². The van der Waals surface area contributed by atoms with Gasteiger partial charge in [-0.25, -0.2) is 9.59 Å². The summed E-state index contributed by atoms with van der Waals surface area (Å²) < 4.78 is 4.12. The van der Waals surface area contributed by atoms with Gasteiger partial charge >= 0.3 is 11.7 Å². The fourth-order valence-electron chi connectivity index (χ4n) is 0.698. The Morgan fingerprint density at radius 3 is 2.77 bits per heavy atom. The van der Waals surface area contributed by atoms with Gasteiger partial charge in [0.05, 0.1) is 0 Å². The third-order valence-electron chi connectivity index (χ3n) is 1.23. The predicted octanol–water partition coefficient (Wildman–Crippen LogP) is -1.83. The number of nitrogens with one attached hydrogen (secondary N) is 2. The number of aromatic nitrogens is 2. The van der Waals surface area contributed by atoms with Gasteiger partial charge in [-0.2, -0.15) is 0 Å². The maximum Gasteiger partial charge on any atom is 0.347 e. The number of hydrogen-bond acceptors (Lipinski definition) is 5. The van der Waals surface area contributed by atoms with E-state index in [4.69, 9.17) is 5.11 Å². The molecule has 0 aliphatic rings. The molecule has 3 N–H and O–H groups in total. The molecule has 1 aromatic rings. The smallest absolute Gasteiger partial charge is 0.347 e. The minimum atomic E-state index is -1.00. The van der Waals surface area contributed by atoms with E-state index in [0.29, 0.717) is 0 Å². The van der Waals surface area contributed by atoms with Gasteiger partial charge in [-0.15, -0.1) is 0 Å². The molecule has 0 aliphatic heterocycles. The zero-order valence-electron chi connectivity index (χ0n) is 6.36. The molecule has 0 aliphatic carbocycles. The van der Waals surface area contributed by atoms with E-state index in [0.717, 1.165) is 6.20 Å². The molecule has 0 aromatic carbocycles. The number of hydrogen-bond donors (Lipinski definition) is 3. The van der Waals surface area contributed by atoms with Crippen LogP contribution in [0.15, 0.2) is 15.8 Å². The molecule has 0 fully saturated rings. The number of aliphatic hydroxyl groups is 1. The number of carbonyl (C=O) groups excluding carboxylic acids is 1. The van der Waals surface area contributed by atoms with Crippen LogP contribution in [0.3, 0.4) is 0 Å². The average Bonchev–Trinajstić information content (AvgIpc) is 2.04. The van der Waals surface area contributed by atoms with Crippen molar-refractivity contribution in [2.24, 2.45) is 0 Å². The van der Waals surface area contributed by atoms with Crippen LogP contribution in [-0.2, 0) is 4.74 Å². The highest BCUT2D eigenvalue weighted by Crippen LogP contribution is 1.88. The van der Waals surface area contributed by atoms with Crippen molar-refractivity contribution in [2.45, 2.75) is 0 Å². The molecule has 0 radical (unpaired) electrons. The second kappa shape index (κ2) is 3.68. The number of carbonyl (C=O) groups is 1. The molecule has 7 nitrogen and oxygen atoms in total. The summed E-state index contributed by atoms with van der Waals surface area (Å²) in [5, 5.41) is 8.22. The van der Waals surface area contributed by atoms with Crippen LogP contribution in [0.1, 0.15) is 10.4 Å². The van der Waals surface area contributed by atoms with E-state index in [9.17, 15) is 14.4 Å². The van der Waals surface area contributed by atoms with Crippen LogP contribution >= 0.6 is 0 Å². The quantitative estimate of drug-likeness (QED) is 0.371. The molecule has 1 aromatic heterocycles. The molecule has 70 valence electrons. The highest BCUT2D eigenvalue weighted by atomic mass is 16.6. The summed E-state index contributed by atoms with van der Waals surface area (Å²) in [4.78, 5) is 36.2. The molecule has 0 atom stereocenters. The van der Waals surface area contributed by atoms with Gasteiger partial charge in [0.15, 0.2) is 6.79 Å². The first kappa shape index (κ1) is 9.20. The summed E-state index contributed by atoms with van der Waals surface area (Å²) in [5.41, 5.74) is -1.94. The SMILES string of the molecule is O=C(OCO)c1c[nH]c(=O)[nH]c1=O. The van der Waals surface area contributed by atoms with E-state index in [-0.39, 0.29) is 5.56 Å². The van der Waals surface area contributed by atoms with Crippen LogP contribution in [0.4, 0.5) is 0 Å². The van der Waals surface area contributed by atoms with Crippen LogP contribution in [0.25, 0.3) is 0 Å². The third kappa shape index (κ3) is 2.03. The highest BCUT2D eigenvalue weighted by molar-refractivity contribution is 5.88. The number of ether oxygens (including phenoxy) is 1. The molecule has 0 bridgehead atoms. The van der Waals surface area contributed by atoms with Crippen LogP contribution in [0, 0.1) is 0 Å². The zero-order chi connectivity index (χ0) is 9.84. The number of esters is 1. The van der Waals surface area contributed by atoms with Crippen molar-refractivity contribution >= 4 is 5.97 Å². The molecule has 0 unspecified atom stereocenters. The van der Waals surface area contributed by atoms with Crippen LogP contribution < -0.4 is 11.2 Å². The van der Waals surface area contributed by atoms with E-state index in [1.54, 1.807) is 0 Å². The third-order valence-corrected chi connectivity index (χ3v) is 1.23. The Morgan fingerprint density at radius 1 is 1.54 bits per heavy atom. The van der Waals surface area contributed by atoms with Crippen molar-refractivity contribution in [1.29, 1.82) is 0 Å². The van der Waals surface area contributed by atoms with Gasteiger partial charge in [-0.1, -0.05) is 0 Å². The predicted molar refractivity (Wildman–Crippen MR) is 40.2 cm³/mol. The van der Waals surface area contributed by atoms with Crippen molar-refractivity contribution in [3.8, 4) is 0 Å². The fraction of sp³-hybridized carbons (Fsp3) is 0.167. The Morgan fingerprint density at radius 2 is 2.23 bits per heavy atom. The first-order valence-corrected chi connectivity index (χ1v) is 3.25. The van der Waals surface area contributed by atoms with Gasteiger partial charge in [0, 0.05) is 6.20 Å². The lowest BCUT2D eigenvalue weighted by Gasteiger charge is -1.97. The van der Waals surface area contributed by atoms with Gasteiger partial charge in [0.2, 0.25) is 0 Å². The fourth-order valence-corrected chi connectivity index (χ4v) is 0.698. The maximum absolute atomic E-state index is 10.9. The van der Waals surface area contributed by atoms with E-state index in [2.05, 4.69) is 9.72 Å². The zero-order valence-corrected chi connectivity index (χ0v) is 6.36. The maximum atomic E-state index is 10.9. The normalized spacial score (nSPS) is 9.62. The summed E-state index contributed by atoms with van der Waals surface area (Å²) in [7, 11) is 0. The lowest BCUT2D eigenvalue weighted by Crippen LogP contribution is -2.28. The number of aromatic amines is 2. The van der Waals surface area contributed by atoms with Crippen molar-refractivity contribution in [1.82, 2.24) is 9.97 Å². The number of rotatable bonds is 2. The molecular formula is C6H6N2O5. The first-order valence-electron chi connectivity index (χ1n) is 3.25. The lowest BCUT2D eigenvalue weighted by molar-refractivity contribution is 0.00660. The van der Waals surface area contributed by atoms with E-state index >= 15 is 0 Å². The minimum absolute atomic E-state index is 0.367. The van der Waals surface area contributed by atoms with Crippen LogP contribution in [0.5, 0.6) is 0 Å². The monoisotopic (exact) mass is 186 g/mol. The second-order valence-corrected chi connectivity index (χ2v) is 2.05. The molecule has 0 saturated carbocycles. The van der Waals surface area contributed by atoms with Crippen molar-refractivity contribution in [2.75, 3.05) is 6.79 Å². The molecule has 1 rings (SSSR count). The summed E-state index contributed by atoms with van der Waals surface area (Å²) in [6, 6.07) is 0. The van der Waals surface area contributed by atoms with E-state index in [1.807, 2.05) is 4.98 Å².